The van der Waals surface area contributed by atoms with E-state index >= 15 is 0 Å². The van der Waals surface area contributed by atoms with E-state index in [1.54, 1.807) is 26.2 Å². The normalized spacial score (nSPS) is 11.1. The van der Waals surface area contributed by atoms with E-state index in [0.29, 0.717) is 39.4 Å². The highest BCUT2D eigenvalue weighted by molar-refractivity contribution is 8.00. The molecule has 0 aliphatic heterocycles. The van der Waals surface area contributed by atoms with E-state index in [1.165, 1.54) is 32.7 Å². The molecule has 2 aromatic heterocycles. The number of rotatable bonds is 10. The minimum absolute atomic E-state index is 0.00938. The maximum absolute atomic E-state index is 13.1. The van der Waals surface area contributed by atoms with E-state index in [2.05, 4.69) is 21.4 Å². The molecule has 0 bridgehead atoms. The standard InChI is InChI=1S/C29H26N6O5S2/c1-15(27(36)35-29-33-21(14-41-29)16-7-6-8-18(9-16)37-2)42-28-20(13-31)24(19(12-30)26(32)34-28)17-10-22(38-3)25(40-5)23(11-17)39-4/h6-11,14-15H,1-5H3,(H2,32,34)(H,33,35,36). The number of nitriles is 2. The smallest absolute Gasteiger partial charge is 0.239 e. The summed E-state index contributed by atoms with van der Waals surface area (Å²) in [7, 11) is 5.98. The fourth-order valence-corrected chi connectivity index (χ4v) is 5.71. The van der Waals surface area contributed by atoms with Gasteiger partial charge in [-0.15, -0.1) is 11.3 Å². The third-order valence-electron chi connectivity index (χ3n) is 6.13. The number of nitrogen functional groups attached to an aromatic ring is 1. The Morgan fingerprint density at radius 2 is 1.67 bits per heavy atom. The topological polar surface area (TPSA) is 165 Å². The minimum Gasteiger partial charge on any atom is -0.497 e. The molecule has 0 spiro atoms. The van der Waals surface area contributed by atoms with Crippen molar-refractivity contribution < 1.29 is 23.7 Å². The molecule has 11 nitrogen and oxygen atoms in total. The Balaban J connectivity index is 1.65. The second kappa shape index (κ2) is 13.1. The summed E-state index contributed by atoms with van der Waals surface area (Å²) in [6.07, 6.45) is 0. The summed E-state index contributed by atoms with van der Waals surface area (Å²) in [6.45, 7) is 1.67. The first-order valence-corrected chi connectivity index (χ1v) is 14.1. The average Bonchev–Trinajstić information content (AvgIpc) is 3.48. The number of thioether (sulfide) groups is 1. The Hall–Kier alpha value is -4.98. The lowest BCUT2D eigenvalue weighted by atomic mass is 9.96. The van der Waals surface area contributed by atoms with Crippen LogP contribution in [0.3, 0.4) is 0 Å². The summed E-state index contributed by atoms with van der Waals surface area (Å²) in [6, 6.07) is 14.9. The number of hydrogen-bond acceptors (Lipinski definition) is 12. The van der Waals surface area contributed by atoms with Crippen molar-refractivity contribution in [1.29, 1.82) is 10.5 Å². The van der Waals surface area contributed by atoms with Crippen molar-refractivity contribution in [3.63, 3.8) is 0 Å². The van der Waals surface area contributed by atoms with Gasteiger partial charge in [0.05, 0.1) is 44.9 Å². The second-order valence-electron chi connectivity index (χ2n) is 8.58. The van der Waals surface area contributed by atoms with Crippen molar-refractivity contribution in [3.05, 3.63) is 52.9 Å². The van der Waals surface area contributed by atoms with E-state index in [1.807, 2.05) is 35.7 Å². The molecule has 2 heterocycles. The maximum atomic E-state index is 13.1. The Morgan fingerprint density at radius 3 is 2.26 bits per heavy atom. The number of nitrogens with two attached hydrogens (primary N) is 1. The molecule has 0 saturated carbocycles. The molecule has 2 aromatic carbocycles. The predicted octanol–water partition coefficient (Wildman–Crippen LogP) is 5.35. The van der Waals surface area contributed by atoms with Crippen molar-refractivity contribution in [2.75, 3.05) is 39.5 Å². The van der Waals surface area contributed by atoms with Crippen LogP contribution in [-0.4, -0.2) is 49.6 Å². The number of carbonyl (C=O) groups excluding carboxylic acids is 1. The van der Waals surface area contributed by atoms with Gasteiger partial charge in [0, 0.05) is 16.5 Å². The highest BCUT2D eigenvalue weighted by Crippen LogP contribution is 2.44. The molecule has 0 aliphatic carbocycles. The van der Waals surface area contributed by atoms with Gasteiger partial charge >= 0.3 is 0 Å². The van der Waals surface area contributed by atoms with Crippen molar-refractivity contribution in [1.82, 2.24) is 9.97 Å². The number of thiazole rings is 1. The number of carbonyl (C=O) groups is 1. The van der Waals surface area contributed by atoms with Crippen LogP contribution in [0.1, 0.15) is 18.1 Å². The van der Waals surface area contributed by atoms with Crippen LogP contribution in [-0.2, 0) is 4.79 Å². The lowest BCUT2D eigenvalue weighted by Crippen LogP contribution is -2.22. The lowest BCUT2D eigenvalue weighted by molar-refractivity contribution is -0.115. The van der Waals surface area contributed by atoms with Crippen molar-refractivity contribution in [2.24, 2.45) is 0 Å². The highest BCUT2D eigenvalue weighted by Gasteiger charge is 2.26. The molecule has 4 rings (SSSR count). The first-order chi connectivity index (χ1) is 20.3. The van der Waals surface area contributed by atoms with Crippen molar-refractivity contribution in [3.8, 4) is 57.5 Å². The molecule has 42 heavy (non-hydrogen) atoms. The lowest BCUT2D eigenvalue weighted by Gasteiger charge is -2.18. The number of methoxy groups -OCH3 is 4. The molecule has 1 atom stereocenters. The molecule has 0 radical (unpaired) electrons. The zero-order valence-electron chi connectivity index (χ0n) is 23.3. The van der Waals surface area contributed by atoms with Gasteiger partial charge < -0.3 is 30.0 Å². The molecular formula is C29H26N6O5S2. The number of benzene rings is 2. The quantitative estimate of drug-likeness (QED) is 0.225. The SMILES string of the molecule is COc1cccc(-c2csc(NC(=O)C(C)Sc3nc(N)c(C#N)c(-c4cc(OC)c(OC)c(OC)c4)c3C#N)n2)c1. The van der Waals surface area contributed by atoms with Gasteiger partial charge in [0.15, 0.2) is 16.6 Å². The monoisotopic (exact) mass is 602 g/mol. The van der Waals surface area contributed by atoms with Crippen LogP contribution in [0.15, 0.2) is 46.8 Å². The molecule has 214 valence electrons. The summed E-state index contributed by atoms with van der Waals surface area (Å²) in [5.41, 5.74) is 8.48. The molecule has 0 aliphatic rings. The van der Waals surface area contributed by atoms with Crippen LogP contribution in [0, 0.1) is 22.7 Å². The molecule has 13 heteroatoms. The van der Waals surface area contributed by atoms with Gasteiger partial charge in [-0.25, -0.2) is 9.97 Å². The van der Waals surface area contributed by atoms with Crippen LogP contribution in [0.25, 0.3) is 22.4 Å². The minimum atomic E-state index is -0.700. The first kappa shape index (κ1) is 30.0. The Labute approximate surface area is 250 Å². The Kier molecular flexibility index (Phi) is 9.37. The van der Waals surface area contributed by atoms with E-state index in [0.717, 1.165) is 17.3 Å². The molecule has 0 fully saturated rings. The van der Waals surface area contributed by atoms with E-state index in [-0.39, 0.29) is 33.4 Å². The molecular weight excluding hydrogens is 576 g/mol. The van der Waals surface area contributed by atoms with Gasteiger partial charge in [-0.2, -0.15) is 10.5 Å². The molecule has 0 saturated heterocycles. The van der Waals surface area contributed by atoms with Gasteiger partial charge in [-0.3, -0.25) is 4.79 Å². The average molecular weight is 603 g/mol. The third-order valence-corrected chi connectivity index (χ3v) is 7.97. The molecule has 1 unspecified atom stereocenters. The fourth-order valence-electron chi connectivity index (χ4n) is 4.07. The van der Waals surface area contributed by atoms with Crippen LogP contribution in [0.2, 0.25) is 0 Å². The number of pyridine rings is 1. The van der Waals surface area contributed by atoms with Crippen LogP contribution in [0.5, 0.6) is 23.0 Å². The Morgan fingerprint density at radius 1 is 0.976 bits per heavy atom. The van der Waals surface area contributed by atoms with Gasteiger partial charge in [0.25, 0.3) is 0 Å². The molecule has 4 aromatic rings. The van der Waals surface area contributed by atoms with Gasteiger partial charge in [0.1, 0.15) is 34.3 Å². The number of aromatic nitrogens is 2. The largest absolute Gasteiger partial charge is 0.497 e. The zero-order chi connectivity index (χ0) is 30.4. The van der Waals surface area contributed by atoms with Gasteiger partial charge in [0.2, 0.25) is 11.7 Å². The number of amides is 1. The number of hydrogen-bond donors (Lipinski definition) is 2. The molecule has 3 N–H and O–H groups in total. The van der Waals surface area contributed by atoms with Crippen molar-refractivity contribution in [2.45, 2.75) is 17.2 Å². The summed E-state index contributed by atoms with van der Waals surface area (Å²) >= 11 is 2.32. The third kappa shape index (κ3) is 6.02. The zero-order valence-corrected chi connectivity index (χ0v) is 25.0. The summed E-state index contributed by atoms with van der Waals surface area (Å²) in [5, 5.41) is 24.7. The van der Waals surface area contributed by atoms with Gasteiger partial charge in [-0.1, -0.05) is 23.9 Å². The van der Waals surface area contributed by atoms with E-state index in [9.17, 15) is 15.3 Å². The van der Waals surface area contributed by atoms with Gasteiger partial charge in [-0.05, 0) is 36.8 Å². The Bertz CT molecular complexity index is 1700. The van der Waals surface area contributed by atoms with Crippen LogP contribution >= 0.6 is 23.1 Å². The number of nitrogens with zero attached hydrogens (tertiary/aromatic N) is 4. The first-order valence-electron chi connectivity index (χ1n) is 12.3. The van der Waals surface area contributed by atoms with Crippen LogP contribution < -0.4 is 30.0 Å². The number of ether oxygens (including phenoxy) is 4. The second-order valence-corrected chi connectivity index (χ2v) is 10.8. The molecule has 1 amide bonds. The van der Waals surface area contributed by atoms with E-state index in [4.69, 9.17) is 24.7 Å². The maximum Gasteiger partial charge on any atom is 0.239 e. The predicted molar refractivity (Wildman–Crippen MR) is 161 cm³/mol. The number of nitrogens with one attached hydrogen (secondary N) is 1. The highest BCUT2D eigenvalue weighted by atomic mass is 32.2. The van der Waals surface area contributed by atoms with Crippen molar-refractivity contribution >= 4 is 40.0 Å². The number of anilines is 2. The fraction of sp³-hybridized carbons (Fsp3) is 0.207. The van der Waals surface area contributed by atoms with E-state index < -0.39 is 5.25 Å². The summed E-state index contributed by atoms with van der Waals surface area (Å²) < 4.78 is 21.6. The summed E-state index contributed by atoms with van der Waals surface area (Å²) in [5.74, 6) is 1.26. The summed E-state index contributed by atoms with van der Waals surface area (Å²) in [4.78, 5) is 22.0. The van der Waals surface area contributed by atoms with Crippen LogP contribution in [0.4, 0.5) is 10.9 Å².